The number of benzene rings is 1. The van der Waals surface area contributed by atoms with Crippen LogP contribution in [-0.4, -0.2) is 18.0 Å². The molecule has 1 aromatic carbocycles. The lowest BCUT2D eigenvalue weighted by molar-refractivity contribution is 0.0927. The molecule has 0 aliphatic heterocycles. The molecule has 1 fully saturated rings. The molecule has 1 aliphatic carbocycles. The summed E-state index contributed by atoms with van der Waals surface area (Å²) >= 11 is 1.42. The Balaban J connectivity index is 1.75. The minimum Gasteiger partial charge on any atom is -0.497 e. The van der Waals surface area contributed by atoms with Gasteiger partial charge in [0.05, 0.1) is 13.2 Å². The second-order valence-corrected chi connectivity index (χ2v) is 6.33. The standard InChI is InChI=1S/C16H19N3O2S/c1-21-12-6-4-11(5-7-12)15(10-2-3-10)19-16(20)13-9-22-14(8-17)18-13/h4-7,9-10,15H,2-3,8,17H2,1H3,(H,19,20). The van der Waals surface area contributed by atoms with E-state index in [1.807, 2.05) is 24.3 Å². The lowest BCUT2D eigenvalue weighted by Gasteiger charge is -2.18. The Hall–Kier alpha value is -1.92. The van der Waals surface area contributed by atoms with Crippen LogP contribution in [0.5, 0.6) is 5.75 Å². The summed E-state index contributed by atoms with van der Waals surface area (Å²) in [4.78, 5) is 16.6. The van der Waals surface area contributed by atoms with Crippen LogP contribution in [0.3, 0.4) is 0 Å². The van der Waals surface area contributed by atoms with Crippen molar-refractivity contribution in [2.75, 3.05) is 7.11 Å². The number of thiazole rings is 1. The molecule has 1 aliphatic rings. The van der Waals surface area contributed by atoms with Crippen molar-refractivity contribution >= 4 is 17.2 Å². The van der Waals surface area contributed by atoms with Gasteiger partial charge in [-0.2, -0.15) is 0 Å². The minimum atomic E-state index is -0.135. The van der Waals surface area contributed by atoms with Gasteiger partial charge in [0.2, 0.25) is 0 Å². The summed E-state index contributed by atoms with van der Waals surface area (Å²) in [5, 5.41) is 5.64. The highest BCUT2D eigenvalue weighted by atomic mass is 32.1. The molecule has 3 rings (SSSR count). The second kappa shape index (κ2) is 6.46. The van der Waals surface area contributed by atoms with E-state index in [-0.39, 0.29) is 11.9 Å². The van der Waals surface area contributed by atoms with E-state index < -0.39 is 0 Å². The summed E-state index contributed by atoms with van der Waals surface area (Å²) in [6.45, 7) is 0.364. The van der Waals surface area contributed by atoms with Crippen molar-refractivity contribution in [1.29, 1.82) is 0 Å². The van der Waals surface area contributed by atoms with Gasteiger partial charge in [0.25, 0.3) is 5.91 Å². The number of nitrogens with two attached hydrogens (primary N) is 1. The molecule has 0 saturated heterocycles. The lowest BCUT2D eigenvalue weighted by atomic mass is 10.0. The Labute approximate surface area is 133 Å². The lowest BCUT2D eigenvalue weighted by Crippen LogP contribution is -2.30. The van der Waals surface area contributed by atoms with Crippen molar-refractivity contribution in [3.8, 4) is 5.75 Å². The number of ether oxygens (including phenoxy) is 1. The van der Waals surface area contributed by atoms with Gasteiger partial charge in [0, 0.05) is 11.9 Å². The molecule has 1 heterocycles. The topological polar surface area (TPSA) is 77.2 Å². The highest BCUT2D eigenvalue weighted by molar-refractivity contribution is 7.09. The van der Waals surface area contributed by atoms with Crippen molar-refractivity contribution in [3.05, 3.63) is 45.9 Å². The van der Waals surface area contributed by atoms with Gasteiger partial charge in [-0.25, -0.2) is 4.98 Å². The van der Waals surface area contributed by atoms with Crippen molar-refractivity contribution in [3.63, 3.8) is 0 Å². The number of amides is 1. The average Bonchev–Trinajstić information content (AvgIpc) is 3.28. The molecule has 0 spiro atoms. The Morgan fingerprint density at radius 2 is 2.18 bits per heavy atom. The summed E-state index contributed by atoms with van der Waals surface area (Å²) in [7, 11) is 1.65. The zero-order valence-corrected chi connectivity index (χ0v) is 13.2. The van der Waals surface area contributed by atoms with Crippen LogP contribution >= 0.6 is 11.3 Å². The smallest absolute Gasteiger partial charge is 0.271 e. The van der Waals surface area contributed by atoms with Gasteiger partial charge in [-0.1, -0.05) is 12.1 Å². The first kappa shape index (κ1) is 15.0. The average molecular weight is 317 g/mol. The fourth-order valence-electron chi connectivity index (χ4n) is 2.44. The summed E-state index contributed by atoms with van der Waals surface area (Å²) in [6.07, 6.45) is 2.28. The quantitative estimate of drug-likeness (QED) is 0.858. The van der Waals surface area contributed by atoms with Crippen LogP contribution in [0.1, 0.15) is 39.9 Å². The zero-order chi connectivity index (χ0) is 15.5. The number of carbonyl (C=O) groups is 1. The van der Waals surface area contributed by atoms with Gasteiger partial charge in [-0.05, 0) is 36.5 Å². The molecule has 0 bridgehead atoms. The fraction of sp³-hybridized carbons (Fsp3) is 0.375. The third-order valence-corrected chi connectivity index (χ3v) is 4.69. The van der Waals surface area contributed by atoms with E-state index in [1.54, 1.807) is 12.5 Å². The van der Waals surface area contributed by atoms with Crippen LogP contribution in [0.15, 0.2) is 29.6 Å². The number of methoxy groups -OCH3 is 1. The molecule has 1 saturated carbocycles. The summed E-state index contributed by atoms with van der Waals surface area (Å²) in [6, 6.07) is 7.89. The minimum absolute atomic E-state index is 0.0291. The first-order valence-corrected chi connectivity index (χ1v) is 8.18. The van der Waals surface area contributed by atoms with Gasteiger partial charge >= 0.3 is 0 Å². The van der Waals surface area contributed by atoms with Gasteiger partial charge in [-0.3, -0.25) is 4.79 Å². The third kappa shape index (κ3) is 3.28. The van der Waals surface area contributed by atoms with Gasteiger partial charge in [0.15, 0.2) is 0 Å². The third-order valence-electron chi connectivity index (χ3n) is 3.81. The first-order valence-electron chi connectivity index (χ1n) is 7.30. The van der Waals surface area contributed by atoms with E-state index in [1.165, 1.54) is 11.3 Å². The van der Waals surface area contributed by atoms with Gasteiger partial charge < -0.3 is 15.8 Å². The highest BCUT2D eigenvalue weighted by Gasteiger charge is 2.33. The number of nitrogens with zero attached hydrogens (tertiary/aromatic N) is 1. The Bertz CT molecular complexity index is 650. The molecule has 22 heavy (non-hydrogen) atoms. The van der Waals surface area contributed by atoms with Gasteiger partial charge in [0.1, 0.15) is 16.5 Å². The van der Waals surface area contributed by atoms with E-state index in [9.17, 15) is 4.79 Å². The van der Waals surface area contributed by atoms with Crippen LogP contribution in [0.2, 0.25) is 0 Å². The van der Waals surface area contributed by atoms with E-state index in [4.69, 9.17) is 10.5 Å². The fourth-order valence-corrected chi connectivity index (χ4v) is 3.09. The maximum atomic E-state index is 12.4. The van der Waals surface area contributed by atoms with Gasteiger partial charge in [-0.15, -0.1) is 11.3 Å². The highest BCUT2D eigenvalue weighted by Crippen LogP contribution is 2.41. The molecule has 5 nitrogen and oxygen atoms in total. The molecule has 1 aromatic heterocycles. The summed E-state index contributed by atoms with van der Waals surface area (Å²) in [5.41, 5.74) is 7.10. The van der Waals surface area contributed by atoms with E-state index in [0.29, 0.717) is 18.2 Å². The number of hydrogen-bond acceptors (Lipinski definition) is 5. The molecule has 1 atom stereocenters. The van der Waals surface area contributed by atoms with Crippen molar-refractivity contribution in [2.45, 2.75) is 25.4 Å². The van der Waals surface area contributed by atoms with Crippen LogP contribution in [0.4, 0.5) is 0 Å². The van der Waals surface area contributed by atoms with Crippen LogP contribution in [0.25, 0.3) is 0 Å². The first-order chi connectivity index (χ1) is 10.7. The number of aromatic nitrogens is 1. The second-order valence-electron chi connectivity index (χ2n) is 5.39. The Kier molecular flexibility index (Phi) is 4.40. The molecule has 6 heteroatoms. The zero-order valence-electron chi connectivity index (χ0n) is 12.4. The van der Waals surface area contributed by atoms with Crippen molar-refractivity contribution in [2.24, 2.45) is 11.7 Å². The summed E-state index contributed by atoms with van der Waals surface area (Å²) in [5.74, 6) is 1.19. The molecule has 0 radical (unpaired) electrons. The Morgan fingerprint density at radius 1 is 1.45 bits per heavy atom. The molecule has 3 N–H and O–H groups in total. The Morgan fingerprint density at radius 3 is 2.73 bits per heavy atom. The largest absolute Gasteiger partial charge is 0.497 e. The number of carbonyl (C=O) groups excluding carboxylic acids is 1. The van der Waals surface area contributed by atoms with E-state index in [0.717, 1.165) is 29.2 Å². The van der Waals surface area contributed by atoms with E-state index >= 15 is 0 Å². The molecular formula is C16H19N3O2S. The van der Waals surface area contributed by atoms with Crippen LogP contribution < -0.4 is 15.8 Å². The predicted molar refractivity (Wildman–Crippen MR) is 85.9 cm³/mol. The van der Waals surface area contributed by atoms with Crippen LogP contribution in [0, 0.1) is 5.92 Å². The molecule has 1 amide bonds. The molecule has 2 aromatic rings. The molecule has 116 valence electrons. The number of hydrogen-bond donors (Lipinski definition) is 2. The monoisotopic (exact) mass is 317 g/mol. The van der Waals surface area contributed by atoms with E-state index in [2.05, 4.69) is 10.3 Å². The molecule has 1 unspecified atom stereocenters. The number of nitrogens with one attached hydrogen (secondary N) is 1. The SMILES string of the molecule is COc1ccc(C(NC(=O)c2csc(CN)n2)C2CC2)cc1. The predicted octanol–water partition coefficient (Wildman–Crippen LogP) is 2.49. The van der Waals surface area contributed by atoms with Crippen LogP contribution in [-0.2, 0) is 6.54 Å². The normalized spacial score (nSPS) is 15.4. The maximum absolute atomic E-state index is 12.4. The molecular weight excluding hydrogens is 298 g/mol. The summed E-state index contributed by atoms with van der Waals surface area (Å²) < 4.78 is 5.18. The number of rotatable bonds is 6. The van der Waals surface area contributed by atoms with Crippen molar-refractivity contribution < 1.29 is 9.53 Å². The van der Waals surface area contributed by atoms with Crippen molar-refractivity contribution in [1.82, 2.24) is 10.3 Å². The maximum Gasteiger partial charge on any atom is 0.271 e.